The maximum Gasteiger partial charge on any atom is 0.228 e. The van der Waals surface area contributed by atoms with Crippen LogP contribution >= 0.6 is 0 Å². The van der Waals surface area contributed by atoms with Crippen molar-refractivity contribution in [3.05, 3.63) is 29.8 Å². The van der Waals surface area contributed by atoms with E-state index in [1.807, 2.05) is 11.0 Å². The van der Waals surface area contributed by atoms with Crippen molar-refractivity contribution < 1.29 is 4.79 Å². The molecule has 0 N–H and O–H groups in total. The second kappa shape index (κ2) is 7.28. The van der Waals surface area contributed by atoms with E-state index in [9.17, 15) is 4.79 Å². The molecule has 0 saturated carbocycles. The number of carbonyl (C=O) groups is 1. The molecule has 0 spiro atoms. The lowest BCUT2D eigenvalue weighted by Gasteiger charge is -2.36. The number of para-hydroxylation sites is 1. The molecule has 2 heterocycles. The first kappa shape index (κ1) is 15.5. The molecule has 1 unspecified atom stereocenters. The van der Waals surface area contributed by atoms with Gasteiger partial charge in [0.05, 0.1) is 0 Å². The molecule has 1 aromatic carbocycles. The number of aryl methyl sites for hydroxylation is 1. The Balaban J connectivity index is 1.61. The molecular formula is C19H28N2O. The Morgan fingerprint density at radius 2 is 2.05 bits per heavy atom. The summed E-state index contributed by atoms with van der Waals surface area (Å²) in [6, 6.07) is 9.07. The van der Waals surface area contributed by atoms with Gasteiger partial charge < -0.3 is 4.90 Å². The highest BCUT2D eigenvalue weighted by Gasteiger charge is 2.25. The number of anilines is 1. The van der Waals surface area contributed by atoms with E-state index in [1.54, 1.807) is 0 Å². The molecule has 1 atom stereocenters. The van der Waals surface area contributed by atoms with Gasteiger partial charge >= 0.3 is 0 Å². The Labute approximate surface area is 134 Å². The minimum absolute atomic E-state index is 0.299. The summed E-state index contributed by atoms with van der Waals surface area (Å²) in [5, 5.41) is 0. The highest BCUT2D eigenvalue weighted by Crippen LogP contribution is 2.27. The zero-order valence-corrected chi connectivity index (χ0v) is 13.8. The average Bonchev–Trinajstić information content (AvgIpc) is 2.59. The molecule has 0 radical (unpaired) electrons. The summed E-state index contributed by atoms with van der Waals surface area (Å²) in [5.74, 6) is 0.299. The number of fused-ring (bicyclic) bond motifs is 1. The molecule has 2 aliphatic heterocycles. The summed E-state index contributed by atoms with van der Waals surface area (Å²) in [4.78, 5) is 17.3. The molecule has 1 amide bonds. The van der Waals surface area contributed by atoms with E-state index in [0.29, 0.717) is 18.4 Å². The van der Waals surface area contributed by atoms with Crippen LogP contribution in [0.15, 0.2) is 24.3 Å². The maximum atomic E-state index is 12.7. The fourth-order valence-electron chi connectivity index (χ4n) is 3.98. The second-order valence-corrected chi connectivity index (χ2v) is 6.62. The third kappa shape index (κ3) is 3.35. The predicted molar refractivity (Wildman–Crippen MR) is 91.2 cm³/mol. The van der Waals surface area contributed by atoms with E-state index in [4.69, 9.17) is 0 Å². The van der Waals surface area contributed by atoms with Crippen molar-refractivity contribution in [2.75, 3.05) is 24.5 Å². The van der Waals surface area contributed by atoms with Crippen LogP contribution in [0, 0.1) is 0 Å². The van der Waals surface area contributed by atoms with Crippen molar-refractivity contribution in [2.24, 2.45) is 0 Å². The molecule has 1 saturated heterocycles. The molecule has 0 aromatic heterocycles. The van der Waals surface area contributed by atoms with Crippen LogP contribution in [0.1, 0.15) is 51.0 Å². The predicted octanol–water partition coefficient (Wildman–Crippen LogP) is 3.62. The van der Waals surface area contributed by atoms with Crippen LogP contribution in [0.3, 0.4) is 0 Å². The van der Waals surface area contributed by atoms with Gasteiger partial charge in [0.15, 0.2) is 0 Å². The Morgan fingerprint density at radius 3 is 2.91 bits per heavy atom. The van der Waals surface area contributed by atoms with Gasteiger partial charge in [-0.05, 0) is 50.3 Å². The molecule has 1 aromatic rings. The molecule has 3 nitrogen and oxygen atoms in total. The number of amides is 1. The van der Waals surface area contributed by atoms with Crippen LogP contribution in [0.5, 0.6) is 0 Å². The van der Waals surface area contributed by atoms with Crippen molar-refractivity contribution in [1.29, 1.82) is 0 Å². The Kier molecular flexibility index (Phi) is 5.14. The molecule has 22 heavy (non-hydrogen) atoms. The normalized spacial score (nSPS) is 22.4. The van der Waals surface area contributed by atoms with Crippen molar-refractivity contribution in [2.45, 2.75) is 57.9 Å². The van der Waals surface area contributed by atoms with E-state index >= 15 is 0 Å². The lowest BCUT2D eigenvalue weighted by atomic mass is 9.99. The molecule has 0 bridgehead atoms. The lowest BCUT2D eigenvalue weighted by Crippen LogP contribution is -2.42. The summed E-state index contributed by atoms with van der Waals surface area (Å²) in [5.41, 5.74) is 2.47. The number of rotatable bonds is 4. The SMILES string of the molecule is CCC1CCCCN1CCC(=O)N1CCCc2ccccc21. The Morgan fingerprint density at radius 1 is 1.18 bits per heavy atom. The summed E-state index contributed by atoms with van der Waals surface area (Å²) in [6.07, 6.45) is 8.00. The van der Waals surface area contributed by atoms with Crippen molar-refractivity contribution in [1.82, 2.24) is 4.90 Å². The summed E-state index contributed by atoms with van der Waals surface area (Å²) in [7, 11) is 0. The third-order valence-corrected chi connectivity index (χ3v) is 5.24. The second-order valence-electron chi connectivity index (χ2n) is 6.62. The van der Waals surface area contributed by atoms with E-state index in [0.717, 1.165) is 31.6 Å². The van der Waals surface area contributed by atoms with Crippen LogP contribution in [0.25, 0.3) is 0 Å². The van der Waals surface area contributed by atoms with Crippen molar-refractivity contribution in [3.8, 4) is 0 Å². The zero-order chi connectivity index (χ0) is 15.4. The van der Waals surface area contributed by atoms with Gasteiger partial charge in [-0.15, -0.1) is 0 Å². The number of benzene rings is 1. The number of nitrogens with zero attached hydrogens (tertiary/aromatic N) is 2. The first-order valence-electron chi connectivity index (χ1n) is 8.92. The first-order valence-corrected chi connectivity index (χ1v) is 8.92. The Bertz CT molecular complexity index is 514. The molecule has 2 aliphatic rings. The van der Waals surface area contributed by atoms with Gasteiger partial charge in [0.25, 0.3) is 0 Å². The number of carbonyl (C=O) groups excluding carboxylic acids is 1. The molecule has 0 aliphatic carbocycles. The third-order valence-electron chi connectivity index (χ3n) is 5.24. The minimum atomic E-state index is 0.299. The highest BCUT2D eigenvalue weighted by atomic mass is 16.2. The van der Waals surface area contributed by atoms with Gasteiger partial charge in [0, 0.05) is 31.2 Å². The first-order chi connectivity index (χ1) is 10.8. The molecule has 120 valence electrons. The quantitative estimate of drug-likeness (QED) is 0.848. The van der Waals surface area contributed by atoms with Gasteiger partial charge in [0.2, 0.25) is 5.91 Å². The lowest BCUT2D eigenvalue weighted by molar-refractivity contribution is -0.119. The highest BCUT2D eigenvalue weighted by molar-refractivity contribution is 5.94. The van der Waals surface area contributed by atoms with Crippen LogP contribution < -0.4 is 4.90 Å². The number of hydrogen-bond donors (Lipinski definition) is 0. The van der Waals surface area contributed by atoms with Gasteiger partial charge in [-0.2, -0.15) is 0 Å². The van der Waals surface area contributed by atoms with Crippen molar-refractivity contribution in [3.63, 3.8) is 0 Å². The van der Waals surface area contributed by atoms with Crippen LogP contribution in [0.4, 0.5) is 5.69 Å². The molecule has 3 heteroatoms. The van der Waals surface area contributed by atoms with Crippen LogP contribution in [0.2, 0.25) is 0 Å². The monoisotopic (exact) mass is 300 g/mol. The number of piperidine rings is 1. The molecule has 3 rings (SSSR count). The van der Waals surface area contributed by atoms with E-state index < -0.39 is 0 Å². The largest absolute Gasteiger partial charge is 0.312 e. The summed E-state index contributed by atoms with van der Waals surface area (Å²) < 4.78 is 0. The zero-order valence-electron chi connectivity index (χ0n) is 13.8. The van der Waals surface area contributed by atoms with Gasteiger partial charge in [0.1, 0.15) is 0 Å². The van der Waals surface area contributed by atoms with Gasteiger partial charge in [-0.25, -0.2) is 0 Å². The van der Waals surface area contributed by atoms with Gasteiger partial charge in [-0.1, -0.05) is 31.5 Å². The van der Waals surface area contributed by atoms with E-state index in [1.165, 1.54) is 37.8 Å². The maximum absolute atomic E-state index is 12.7. The van der Waals surface area contributed by atoms with Gasteiger partial charge in [-0.3, -0.25) is 9.69 Å². The fraction of sp³-hybridized carbons (Fsp3) is 0.632. The van der Waals surface area contributed by atoms with Crippen molar-refractivity contribution >= 4 is 11.6 Å². The molecule has 1 fully saturated rings. The number of likely N-dealkylation sites (tertiary alicyclic amines) is 1. The van der Waals surface area contributed by atoms with Crippen LogP contribution in [-0.4, -0.2) is 36.5 Å². The topological polar surface area (TPSA) is 23.6 Å². The minimum Gasteiger partial charge on any atom is -0.312 e. The standard InChI is InChI=1S/C19H28N2O/c1-2-17-10-5-6-13-20(17)15-12-19(22)21-14-7-9-16-8-3-4-11-18(16)21/h3-4,8,11,17H,2,5-7,9-10,12-15H2,1H3. The Hall–Kier alpha value is -1.35. The summed E-state index contributed by atoms with van der Waals surface area (Å²) >= 11 is 0. The average molecular weight is 300 g/mol. The fourth-order valence-corrected chi connectivity index (χ4v) is 3.98. The smallest absolute Gasteiger partial charge is 0.228 e. The molecular weight excluding hydrogens is 272 g/mol. The summed E-state index contributed by atoms with van der Waals surface area (Å²) in [6.45, 7) is 5.25. The van der Waals surface area contributed by atoms with Crippen LogP contribution in [-0.2, 0) is 11.2 Å². The number of hydrogen-bond acceptors (Lipinski definition) is 2. The van der Waals surface area contributed by atoms with E-state index in [2.05, 4.69) is 30.0 Å². The van der Waals surface area contributed by atoms with E-state index in [-0.39, 0.29) is 0 Å².